The normalized spacial score (nSPS) is 15.1. The Morgan fingerprint density at radius 2 is 2.04 bits per heavy atom. The Hall–Kier alpha value is -2.43. The molecular formula is C17H24N8O2S. The number of nitrogens with one attached hydrogen (secondary N) is 1. The highest BCUT2D eigenvalue weighted by Crippen LogP contribution is 2.32. The van der Waals surface area contributed by atoms with Crippen LogP contribution in [0, 0.1) is 0 Å². The predicted octanol–water partition coefficient (Wildman–Crippen LogP) is 1.62. The van der Waals surface area contributed by atoms with Gasteiger partial charge in [-0.25, -0.2) is 14.5 Å². The molecular weight excluding hydrogens is 380 g/mol. The SMILES string of the molecule is CCCCn1c(=O)[nH]c(=O)c2c1nc(CSc1nnnn1C1CCCC1)n2C. The van der Waals surface area contributed by atoms with Crippen LogP contribution < -0.4 is 11.2 Å². The van der Waals surface area contributed by atoms with Crippen molar-refractivity contribution in [2.45, 2.75) is 68.9 Å². The fourth-order valence-corrected chi connectivity index (χ4v) is 4.66. The van der Waals surface area contributed by atoms with Gasteiger partial charge in [0, 0.05) is 13.6 Å². The second-order valence-electron chi connectivity index (χ2n) is 7.16. The van der Waals surface area contributed by atoms with Gasteiger partial charge in [-0.15, -0.1) is 5.10 Å². The van der Waals surface area contributed by atoms with Crippen LogP contribution in [0.25, 0.3) is 11.2 Å². The van der Waals surface area contributed by atoms with Crippen LogP contribution in [0.15, 0.2) is 14.7 Å². The molecule has 150 valence electrons. The molecule has 1 fully saturated rings. The molecule has 0 amide bonds. The summed E-state index contributed by atoms with van der Waals surface area (Å²) in [5.41, 5.74) is 0.0422. The molecule has 0 spiro atoms. The van der Waals surface area contributed by atoms with E-state index in [9.17, 15) is 9.59 Å². The minimum Gasteiger partial charge on any atom is -0.325 e. The number of aromatic amines is 1. The molecule has 0 bridgehead atoms. The van der Waals surface area contributed by atoms with Crippen molar-refractivity contribution in [3.63, 3.8) is 0 Å². The van der Waals surface area contributed by atoms with E-state index in [1.165, 1.54) is 24.6 Å². The number of hydrogen-bond donors (Lipinski definition) is 1. The lowest BCUT2D eigenvalue weighted by molar-refractivity contribution is 0.423. The average Bonchev–Trinajstić information content (AvgIpc) is 3.40. The van der Waals surface area contributed by atoms with Gasteiger partial charge in [-0.3, -0.25) is 14.3 Å². The molecule has 1 aliphatic carbocycles. The number of aromatic nitrogens is 8. The predicted molar refractivity (Wildman–Crippen MR) is 105 cm³/mol. The third kappa shape index (κ3) is 3.38. The first-order chi connectivity index (χ1) is 13.6. The quantitative estimate of drug-likeness (QED) is 0.595. The topological polar surface area (TPSA) is 116 Å². The molecule has 28 heavy (non-hydrogen) atoms. The molecule has 3 heterocycles. The minimum atomic E-state index is -0.409. The van der Waals surface area contributed by atoms with Gasteiger partial charge in [0.15, 0.2) is 11.2 Å². The number of tetrazole rings is 1. The van der Waals surface area contributed by atoms with E-state index in [4.69, 9.17) is 0 Å². The van der Waals surface area contributed by atoms with Gasteiger partial charge in [0.2, 0.25) is 5.16 Å². The van der Waals surface area contributed by atoms with Crippen molar-refractivity contribution in [1.29, 1.82) is 0 Å². The zero-order valence-electron chi connectivity index (χ0n) is 16.1. The van der Waals surface area contributed by atoms with E-state index < -0.39 is 11.2 Å². The minimum absolute atomic E-state index is 0.361. The van der Waals surface area contributed by atoms with Crippen LogP contribution in [-0.4, -0.2) is 39.3 Å². The van der Waals surface area contributed by atoms with E-state index in [1.807, 2.05) is 4.68 Å². The lowest BCUT2D eigenvalue weighted by atomic mass is 10.3. The Kier molecular flexibility index (Phi) is 5.33. The van der Waals surface area contributed by atoms with Crippen molar-refractivity contribution in [2.24, 2.45) is 7.05 Å². The third-order valence-electron chi connectivity index (χ3n) is 5.30. The van der Waals surface area contributed by atoms with Crippen LogP contribution in [0.1, 0.15) is 57.3 Å². The fourth-order valence-electron chi connectivity index (χ4n) is 3.73. The summed E-state index contributed by atoms with van der Waals surface area (Å²) >= 11 is 1.50. The van der Waals surface area contributed by atoms with E-state index in [0.29, 0.717) is 35.3 Å². The van der Waals surface area contributed by atoms with Crippen molar-refractivity contribution in [2.75, 3.05) is 0 Å². The van der Waals surface area contributed by atoms with E-state index in [1.54, 1.807) is 16.2 Å². The molecule has 11 heteroatoms. The lowest BCUT2D eigenvalue weighted by Crippen LogP contribution is -2.31. The van der Waals surface area contributed by atoms with Crippen molar-refractivity contribution < 1.29 is 0 Å². The molecule has 1 N–H and O–H groups in total. The molecule has 4 rings (SSSR count). The van der Waals surface area contributed by atoms with Gasteiger partial charge in [0.25, 0.3) is 5.56 Å². The first-order valence-corrected chi connectivity index (χ1v) is 10.7. The molecule has 3 aromatic heterocycles. The number of fused-ring (bicyclic) bond motifs is 1. The van der Waals surface area contributed by atoms with Crippen LogP contribution in [0.2, 0.25) is 0 Å². The molecule has 0 radical (unpaired) electrons. The molecule has 1 saturated carbocycles. The Morgan fingerprint density at radius 1 is 1.25 bits per heavy atom. The van der Waals surface area contributed by atoms with Gasteiger partial charge < -0.3 is 4.57 Å². The molecule has 0 unspecified atom stereocenters. The number of hydrogen-bond acceptors (Lipinski definition) is 7. The van der Waals surface area contributed by atoms with Crippen molar-refractivity contribution >= 4 is 22.9 Å². The molecule has 0 saturated heterocycles. The summed E-state index contributed by atoms with van der Waals surface area (Å²) in [4.78, 5) is 31.6. The number of thioether (sulfide) groups is 1. The summed E-state index contributed by atoms with van der Waals surface area (Å²) in [6.07, 6.45) is 6.41. The highest BCUT2D eigenvalue weighted by molar-refractivity contribution is 7.98. The second kappa shape index (κ2) is 7.90. The Bertz CT molecular complexity index is 1090. The summed E-state index contributed by atoms with van der Waals surface area (Å²) in [6, 6.07) is 0.361. The summed E-state index contributed by atoms with van der Waals surface area (Å²) in [6.45, 7) is 2.59. The highest BCUT2D eigenvalue weighted by atomic mass is 32.2. The van der Waals surface area contributed by atoms with Crippen LogP contribution in [-0.2, 0) is 19.3 Å². The molecule has 0 atom stereocenters. The second-order valence-corrected chi connectivity index (χ2v) is 8.10. The first kappa shape index (κ1) is 18.9. The van der Waals surface area contributed by atoms with Crippen LogP contribution in [0.5, 0.6) is 0 Å². The maximum atomic E-state index is 12.3. The molecule has 3 aromatic rings. The highest BCUT2D eigenvalue weighted by Gasteiger charge is 2.22. The largest absolute Gasteiger partial charge is 0.330 e. The van der Waals surface area contributed by atoms with Crippen LogP contribution in [0.4, 0.5) is 0 Å². The zero-order chi connectivity index (χ0) is 19.7. The number of unbranched alkanes of at least 4 members (excludes halogenated alkanes) is 1. The third-order valence-corrected chi connectivity index (χ3v) is 6.23. The van der Waals surface area contributed by atoms with Crippen molar-refractivity contribution in [3.05, 3.63) is 26.7 Å². The summed E-state index contributed by atoms with van der Waals surface area (Å²) in [5.74, 6) is 1.22. The number of rotatable bonds is 7. The van der Waals surface area contributed by atoms with Crippen molar-refractivity contribution in [1.82, 2.24) is 39.3 Å². The van der Waals surface area contributed by atoms with E-state index in [0.717, 1.165) is 30.8 Å². The molecule has 0 aliphatic heterocycles. The van der Waals surface area contributed by atoms with E-state index in [-0.39, 0.29) is 0 Å². The Morgan fingerprint density at radius 3 is 2.79 bits per heavy atom. The Labute approximate surface area is 165 Å². The van der Waals surface area contributed by atoms with Gasteiger partial charge >= 0.3 is 5.69 Å². The maximum absolute atomic E-state index is 12.3. The van der Waals surface area contributed by atoms with Crippen LogP contribution >= 0.6 is 11.8 Å². The van der Waals surface area contributed by atoms with Gasteiger partial charge in [-0.05, 0) is 29.7 Å². The maximum Gasteiger partial charge on any atom is 0.330 e. The summed E-state index contributed by atoms with van der Waals surface area (Å²) < 4.78 is 5.22. The van der Waals surface area contributed by atoms with E-state index >= 15 is 0 Å². The summed E-state index contributed by atoms with van der Waals surface area (Å²) in [7, 11) is 1.80. The number of H-pyrrole nitrogens is 1. The monoisotopic (exact) mass is 404 g/mol. The number of imidazole rings is 1. The van der Waals surface area contributed by atoms with E-state index in [2.05, 4.69) is 32.4 Å². The smallest absolute Gasteiger partial charge is 0.325 e. The van der Waals surface area contributed by atoms with Gasteiger partial charge in [-0.2, -0.15) is 0 Å². The Balaban J connectivity index is 1.64. The van der Waals surface area contributed by atoms with Gasteiger partial charge in [0.1, 0.15) is 5.82 Å². The number of aryl methyl sites for hydroxylation is 2. The van der Waals surface area contributed by atoms with Crippen LogP contribution in [0.3, 0.4) is 0 Å². The standard InChI is InChI=1S/C17H24N8O2S/c1-3-4-9-24-14-13(15(26)19-16(24)27)23(2)12(18-14)10-28-17-20-21-22-25(17)11-7-5-6-8-11/h11H,3-10H2,1-2H3,(H,19,26,27). The molecule has 10 nitrogen and oxygen atoms in total. The molecule has 1 aliphatic rings. The van der Waals surface area contributed by atoms with Gasteiger partial charge in [0.05, 0.1) is 11.8 Å². The number of nitrogens with zero attached hydrogens (tertiary/aromatic N) is 7. The average molecular weight is 405 g/mol. The molecule has 0 aromatic carbocycles. The summed E-state index contributed by atoms with van der Waals surface area (Å²) in [5, 5.41) is 12.9. The van der Waals surface area contributed by atoms with Crippen molar-refractivity contribution in [3.8, 4) is 0 Å². The first-order valence-electron chi connectivity index (χ1n) is 9.69. The van der Waals surface area contributed by atoms with Gasteiger partial charge in [-0.1, -0.05) is 37.9 Å². The lowest BCUT2D eigenvalue weighted by Gasteiger charge is -2.10. The fraction of sp³-hybridized carbons (Fsp3) is 0.647. The zero-order valence-corrected chi connectivity index (χ0v) is 16.9.